The number of esters is 2. The van der Waals surface area contributed by atoms with Crippen LogP contribution in [0.25, 0.3) is 0 Å². The lowest BCUT2D eigenvalue weighted by Gasteiger charge is -2.09. The molecule has 28 heavy (non-hydrogen) atoms. The van der Waals surface area contributed by atoms with Gasteiger partial charge in [-0.25, -0.2) is 9.59 Å². The van der Waals surface area contributed by atoms with Crippen LogP contribution >= 0.6 is 0 Å². The first kappa shape index (κ1) is 21.1. The Kier molecular flexibility index (Phi) is 6.92. The Morgan fingerprint density at radius 1 is 1.07 bits per heavy atom. The van der Waals surface area contributed by atoms with Crippen molar-refractivity contribution in [1.29, 1.82) is 0 Å². The van der Waals surface area contributed by atoms with Gasteiger partial charge in [-0.05, 0) is 45.0 Å². The SMILES string of the molecule is Cc1noc(C(C)C)c1C(=O)OCC(=O)Nc1ccc(C(=O)OC(C)C)cc1. The summed E-state index contributed by atoms with van der Waals surface area (Å²) < 4.78 is 15.3. The van der Waals surface area contributed by atoms with Crippen LogP contribution in [0.1, 0.15) is 65.8 Å². The van der Waals surface area contributed by atoms with Gasteiger partial charge in [-0.15, -0.1) is 0 Å². The topological polar surface area (TPSA) is 108 Å². The number of benzene rings is 1. The van der Waals surface area contributed by atoms with Gasteiger partial charge in [0.15, 0.2) is 12.4 Å². The Morgan fingerprint density at radius 3 is 2.29 bits per heavy atom. The molecular weight excluding hydrogens is 364 g/mol. The third-order valence-corrected chi connectivity index (χ3v) is 3.70. The van der Waals surface area contributed by atoms with Crippen LogP contribution in [0.4, 0.5) is 5.69 Å². The Balaban J connectivity index is 1.91. The van der Waals surface area contributed by atoms with Crippen LogP contribution in [0.15, 0.2) is 28.8 Å². The zero-order valence-corrected chi connectivity index (χ0v) is 16.6. The molecule has 1 N–H and O–H groups in total. The molecule has 0 aliphatic carbocycles. The molecule has 0 atom stereocenters. The van der Waals surface area contributed by atoms with E-state index < -0.39 is 24.5 Å². The first-order valence-corrected chi connectivity index (χ1v) is 8.93. The fraction of sp³-hybridized carbons (Fsp3) is 0.400. The molecule has 8 heteroatoms. The van der Waals surface area contributed by atoms with Crippen molar-refractivity contribution in [3.63, 3.8) is 0 Å². The summed E-state index contributed by atoms with van der Waals surface area (Å²) >= 11 is 0. The lowest BCUT2D eigenvalue weighted by Crippen LogP contribution is -2.21. The van der Waals surface area contributed by atoms with Crippen molar-refractivity contribution in [1.82, 2.24) is 5.16 Å². The van der Waals surface area contributed by atoms with Crippen molar-refractivity contribution >= 4 is 23.5 Å². The van der Waals surface area contributed by atoms with Crippen LogP contribution in [0.2, 0.25) is 0 Å². The van der Waals surface area contributed by atoms with E-state index in [0.29, 0.717) is 22.7 Å². The van der Waals surface area contributed by atoms with E-state index in [4.69, 9.17) is 14.0 Å². The van der Waals surface area contributed by atoms with E-state index in [9.17, 15) is 14.4 Å². The molecule has 0 aliphatic rings. The quantitative estimate of drug-likeness (QED) is 0.724. The number of amides is 1. The summed E-state index contributed by atoms with van der Waals surface area (Å²) in [7, 11) is 0. The molecule has 0 aliphatic heterocycles. The predicted molar refractivity (Wildman–Crippen MR) is 101 cm³/mol. The van der Waals surface area contributed by atoms with E-state index in [1.54, 1.807) is 45.0 Å². The summed E-state index contributed by atoms with van der Waals surface area (Å²) in [5.41, 5.74) is 1.50. The van der Waals surface area contributed by atoms with Gasteiger partial charge in [-0.3, -0.25) is 4.79 Å². The normalized spacial score (nSPS) is 10.8. The average molecular weight is 388 g/mol. The Labute approximate surface area is 163 Å². The number of nitrogens with one attached hydrogen (secondary N) is 1. The van der Waals surface area contributed by atoms with Gasteiger partial charge in [0.1, 0.15) is 5.56 Å². The highest BCUT2D eigenvalue weighted by molar-refractivity contribution is 5.97. The summed E-state index contributed by atoms with van der Waals surface area (Å²) in [6.45, 7) is 8.43. The van der Waals surface area contributed by atoms with Gasteiger partial charge in [0, 0.05) is 11.6 Å². The first-order chi connectivity index (χ1) is 13.2. The van der Waals surface area contributed by atoms with E-state index in [1.165, 1.54) is 0 Å². The monoisotopic (exact) mass is 388 g/mol. The maximum atomic E-state index is 12.3. The third-order valence-electron chi connectivity index (χ3n) is 3.70. The Hall–Kier alpha value is -3.16. The lowest BCUT2D eigenvalue weighted by molar-refractivity contribution is -0.119. The Morgan fingerprint density at radius 2 is 1.71 bits per heavy atom. The number of nitrogens with zero attached hydrogens (tertiary/aromatic N) is 1. The fourth-order valence-electron chi connectivity index (χ4n) is 2.40. The van der Waals surface area contributed by atoms with E-state index in [2.05, 4.69) is 10.5 Å². The van der Waals surface area contributed by atoms with Crippen molar-refractivity contribution in [3.8, 4) is 0 Å². The minimum absolute atomic E-state index is 0.0431. The first-order valence-electron chi connectivity index (χ1n) is 8.93. The second-order valence-electron chi connectivity index (χ2n) is 6.82. The fourth-order valence-corrected chi connectivity index (χ4v) is 2.40. The van der Waals surface area contributed by atoms with Gasteiger partial charge in [-0.2, -0.15) is 0 Å². The van der Waals surface area contributed by atoms with Crippen LogP contribution in [0.3, 0.4) is 0 Å². The Bertz CT molecular complexity index is 852. The highest BCUT2D eigenvalue weighted by Crippen LogP contribution is 2.23. The van der Waals surface area contributed by atoms with Gasteiger partial charge in [0.2, 0.25) is 0 Å². The average Bonchev–Trinajstić information content (AvgIpc) is 3.01. The zero-order valence-electron chi connectivity index (χ0n) is 16.6. The molecule has 0 unspecified atom stereocenters. The number of ether oxygens (including phenoxy) is 2. The van der Waals surface area contributed by atoms with Crippen molar-refractivity contribution in [3.05, 3.63) is 46.8 Å². The number of anilines is 1. The summed E-state index contributed by atoms with van der Waals surface area (Å²) in [6.07, 6.45) is -0.216. The molecule has 0 spiro atoms. The number of hydrogen-bond donors (Lipinski definition) is 1. The molecule has 1 aromatic heterocycles. The van der Waals surface area contributed by atoms with Gasteiger partial charge in [-0.1, -0.05) is 19.0 Å². The number of rotatable bonds is 7. The second kappa shape index (κ2) is 9.16. The van der Waals surface area contributed by atoms with Gasteiger partial charge < -0.3 is 19.3 Å². The summed E-state index contributed by atoms with van der Waals surface area (Å²) in [5.74, 6) is -1.23. The van der Waals surface area contributed by atoms with Gasteiger partial charge in [0.25, 0.3) is 5.91 Å². The zero-order chi connectivity index (χ0) is 20.8. The lowest BCUT2D eigenvalue weighted by atomic mass is 10.1. The maximum Gasteiger partial charge on any atom is 0.344 e. The van der Waals surface area contributed by atoms with Crippen LogP contribution in [0, 0.1) is 6.92 Å². The molecule has 0 fully saturated rings. The largest absolute Gasteiger partial charge is 0.459 e. The van der Waals surface area contributed by atoms with Crippen molar-refractivity contribution in [2.75, 3.05) is 11.9 Å². The minimum Gasteiger partial charge on any atom is -0.459 e. The molecule has 1 aromatic carbocycles. The predicted octanol–water partition coefficient (Wildman–Crippen LogP) is 3.47. The van der Waals surface area contributed by atoms with E-state index >= 15 is 0 Å². The number of hydrogen-bond acceptors (Lipinski definition) is 7. The van der Waals surface area contributed by atoms with E-state index in [0.717, 1.165) is 0 Å². The molecule has 1 heterocycles. The minimum atomic E-state index is -0.663. The highest BCUT2D eigenvalue weighted by atomic mass is 16.5. The van der Waals surface area contributed by atoms with Gasteiger partial charge in [0.05, 0.1) is 17.4 Å². The summed E-state index contributed by atoms with van der Waals surface area (Å²) in [5, 5.41) is 6.37. The van der Waals surface area contributed by atoms with E-state index in [-0.39, 0.29) is 17.6 Å². The van der Waals surface area contributed by atoms with E-state index in [1.807, 2.05) is 13.8 Å². The number of carbonyl (C=O) groups is 3. The number of aromatic nitrogens is 1. The smallest absolute Gasteiger partial charge is 0.344 e. The van der Waals surface area contributed by atoms with Crippen molar-refractivity contribution in [2.24, 2.45) is 0 Å². The van der Waals surface area contributed by atoms with Gasteiger partial charge >= 0.3 is 11.9 Å². The molecule has 0 saturated carbocycles. The third kappa shape index (κ3) is 5.42. The molecule has 0 bridgehead atoms. The van der Waals surface area contributed by atoms with Crippen molar-refractivity contribution in [2.45, 2.75) is 46.6 Å². The molecule has 8 nitrogen and oxygen atoms in total. The molecule has 0 saturated heterocycles. The highest BCUT2D eigenvalue weighted by Gasteiger charge is 2.24. The molecule has 2 rings (SSSR count). The summed E-state index contributed by atoms with van der Waals surface area (Å²) in [6, 6.07) is 6.22. The standard InChI is InChI=1S/C20H24N2O6/c1-11(2)18-17(13(5)22-28-18)20(25)26-10-16(23)21-15-8-6-14(7-9-15)19(24)27-12(3)4/h6-9,11-12H,10H2,1-5H3,(H,21,23). The molecule has 2 aromatic rings. The summed E-state index contributed by atoms with van der Waals surface area (Å²) in [4.78, 5) is 36.1. The molecule has 1 amide bonds. The molecule has 150 valence electrons. The molecular formula is C20H24N2O6. The van der Waals surface area contributed by atoms with Crippen LogP contribution in [-0.4, -0.2) is 35.7 Å². The van der Waals surface area contributed by atoms with Crippen LogP contribution < -0.4 is 5.32 Å². The number of aryl methyl sites for hydroxylation is 1. The maximum absolute atomic E-state index is 12.3. The number of carbonyl (C=O) groups excluding carboxylic acids is 3. The second-order valence-corrected chi connectivity index (χ2v) is 6.82. The van der Waals surface area contributed by atoms with Crippen LogP contribution in [-0.2, 0) is 14.3 Å². The molecule has 0 radical (unpaired) electrons. The van der Waals surface area contributed by atoms with Crippen molar-refractivity contribution < 1.29 is 28.4 Å². The van der Waals surface area contributed by atoms with Crippen LogP contribution in [0.5, 0.6) is 0 Å².